The fraction of sp³-hybridized carbons (Fsp3) is 0.932. The molecule has 0 saturated carbocycles. The van der Waals surface area contributed by atoms with Crippen molar-refractivity contribution >= 4 is 11.9 Å². The Labute approximate surface area is 395 Å². The van der Waals surface area contributed by atoms with Crippen LogP contribution in [0.2, 0.25) is 0 Å². The van der Waals surface area contributed by atoms with Crippen LogP contribution in [0.4, 0.5) is 0 Å². The van der Waals surface area contributed by atoms with Crippen LogP contribution in [0.3, 0.4) is 0 Å². The molecule has 2 N–H and O–H groups in total. The molecule has 0 spiro atoms. The van der Waals surface area contributed by atoms with E-state index in [4.69, 9.17) is 10.2 Å². The van der Waals surface area contributed by atoms with E-state index >= 15 is 0 Å². The monoisotopic (exact) mass is 887 g/mol. The van der Waals surface area contributed by atoms with Gasteiger partial charge in [-0.3, -0.25) is 4.79 Å². The predicted molar refractivity (Wildman–Crippen MR) is 278 cm³/mol. The van der Waals surface area contributed by atoms with Crippen molar-refractivity contribution in [3.63, 3.8) is 0 Å². The number of aliphatic carboxylic acids is 2. The van der Waals surface area contributed by atoms with E-state index in [0.29, 0.717) is 6.42 Å². The summed E-state index contributed by atoms with van der Waals surface area (Å²) in [5, 5.41) is 17.3. The maximum atomic E-state index is 10.5. The zero-order chi connectivity index (χ0) is 45.5. The first-order valence-electron chi connectivity index (χ1n) is 29.2. The summed E-state index contributed by atoms with van der Waals surface area (Å²) in [6, 6.07) is 0. The Hall–Kier alpha value is -1.32. The molecule has 0 aliphatic rings. The molecule has 374 valence electrons. The van der Waals surface area contributed by atoms with Gasteiger partial charge in [0.1, 0.15) is 0 Å². The Morgan fingerprint density at radius 3 is 0.508 bits per heavy atom. The highest BCUT2D eigenvalue weighted by Crippen LogP contribution is 2.19. The Morgan fingerprint density at radius 1 is 0.222 bits per heavy atom. The van der Waals surface area contributed by atoms with Gasteiger partial charge in [0.15, 0.2) is 0 Å². The minimum atomic E-state index is -0.829. The fourth-order valence-electron chi connectivity index (χ4n) is 9.74. The number of rotatable bonds is 57. The molecule has 0 aliphatic heterocycles. The minimum Gasteiger partial charge on any atom is -0.481 e. The van der Waals surface area contributed by atoms with Crippen LogP contribution in [0, 0.1) is 0 Å². The first-order valence-corrected chi connectivity index (χ1v) is 29.2. The number of carboxylic acid groups (broad SMARTS) is 2. The van der Waals surface area contributed by atoms with Crippen LogP contribution in [-0.4, -0.2) is 22.2 Å². The lowest BCUT2D eigenvalue weighted by Crippen LogP contribution is -1.93. The zero-order valence-corrected chi connectivity index (χ0v) is 42.8. The molecule has 0 amide bonds. The molecule has 0 saturated heterocycles. The molecular formula is C59H114O4. The molecule has 0 aromatic rings. The maximum Gasteiger partial charge on any atom is 0.327 e. The standard InChI is InChI=1S/C59H114O4/c60-58(61)56-54-52-50-48-46-44-42-40-38-36-34-32-30-28-26-24-22-20-18-16-14-12-10-8-6-4-2-1-3-5-7-9-11-13-15-17-19-21-23-25-27-29-31-33-35-37-39-41-43-45-47-49-51-53-55-57-59(62)63/h54,56H,1-53,55,57H2,(H,60,61)(H,62,63). The summed E-state index contributed by atoms with van der Waals surface area (Å²) in [6.45, 7) is 0. The van der Waals surface area contributed by atoms with Crippen LogP contribution in [0.25, 0.3) is 0 Å². The van der Waals surface area contributed by atoms with Crippen molar-refractivity contribution in [1.82, 2.24) is 0 Å². The van der Waals surface area contributed by atoms with Crippen molar-refractivity contribution in [3.05, 3.63) is 12.2 Å². The highest BCUT2D eigenvalue weighted by atomic mass is 16.4. The van der Waals surface area contributed by atoms with Crippen molar-refractivity contribution in [1.29, 1.82) is 0 Å². The molecule has 0 aromatic carbocycles. The summed E-state index contributed by atoms with van der Waals surface area (Å²) in [6.07, 6.45) is 79.1. The summed E-state index contributed by atoms with van der Waals surface area (Å²) in [4.78, 5) is 21.0. The van der Waals surface area contributed by atoms with E-state index in [2.05, 4.69) is 0 Å². The average Bonchev–Trinajstić information content (AvgIpc) is 3.27. The van der Waals surface area contributed by atoms with E-state index < -0.39 is 11.9 Å². The number of hydrogen-bond donors (Lipinski definition) is 2. The van der Waals surface area contributed by atoms with E-state index in [9.17, 15) is 9.59 Å². The number of unbranched alkanes of at least 4 members (excludes halogenated alkanes) is 53. The molecule has 0 aromatic heterocycles. The van der Waals surface area contributed by atoms with E-state index in [1.54, 1.807) is 6.08 Å². The van der Waals surface area contributed by atoms with E-state index in [0.717, 1.165) is 25.7 Å². The fourth-order valence-corrected chi connectivity index (χ4v) is 9.74. The van der Waals surface area contributed by atoms with Crippen molar-refractivity contribution in [3.8, 4) is 0 Å². The smallest absolute Gasteiger partial charge is 0.327 e. The van der Waals surface area contributed by atoms with Gasteiger partial charge in [0, 0.05) is 12.5 Å². The summed E-state index contributed by atoms with van der Waals surface area (Å²) >= 11 is 0. The van der Waals surface area contributed by atoms with Gasteiger partial charge in [-0.2, -0.15) is 0 Å². The van der Waals surface area contributed by atoms with Gasteiger partial charge in [0.05, 0.1) is 0 Å². The molecule has 0 rings (SSSR count). The molecule has 4 heteroatoms. The van der Waals surface area contributed by atoms with Gasteiger partial charge in [0.25, 0.3) is 0 Å². The quantitative estimate of drug-likeness (QED) is 0.0471. The van der Waals surface area contributed by atoms with Crippen LogP contribution >= 0.6 is 0 Å². The second-order valence-electron chi connectivity index (χ2n) is 20.4. The third-order valence-corrected chi connectivity index (χ3v) is 14.0. The lowest BCUT2D eigenvalue weighted by molar-refractivity contribution is -0.137. The number of carbonyl (C=O) groups is 2. The van der Waals surface area contributed by atoms with Crippen LogP contribution in [-0.2, 0) is 9.59 Å². The third kappa shape index (κ3) is 60.7. The Balaban J connectivity index is 3.08. The van der Waals surface area contributed by atoms with Gasteiger partial charge in [0.2, 0.25) is 0 Å². The third-order valence-electron chi connectivity index (χ3n) is 14.0. The molecule has 0 heterocycles. The minimum absolute atomic E-state index is 0.344. The largest absolute Gasteiger partial charge is 0.481 e. The van der Waals surface area contributed by atoms with Gasteiger partial charge in [-0.25, -0.2) is 4.79 Å². The molecule has 0 bridgehead atoms. The molecule has 0 unspecified atom stereocenters. The first-order chi connectivity index (χ1) is 31.1. The van der Waals surface area contributed by atoms with Crippen LogP contribution < -0.4 is 0 Å². The van der Waals surface area contributed by atoms with Crippen molar-refractivity contribution in [2.45, 2.75) is 353 Å². The van der Waals surface area contributed by atoms with Crippen molar-refractivity contribution < 1.29 is 19.8 Å². The van der Waals surface area contributed by atoms with Crippen molar-refractivity contribution in [2.75, 3.05) is 0 Å². The molecule has 0 atom stereocenters. The Bertz CT molecular complexity index is 898. The predicted octanol–water partition coefficient (Wildman–Crippen LogP) is 21.2. The van der Waals surface area contributed by atoms with E-state index in [-0.39, 0.29) is 0 Å². The normalized spacial score (nSPS) is 11.7. The summed E-state index contributed by atoms with van der Waals surface area (Å²) in [5.74, 6) is -1.48. The SMILES string of the molecule is O=C(O)C=CCCCCCCCCCCCCCCCCCCCCCCCCCCCCCCCCCCCCCCCCCCCCCCCCCCCCCCCC(=O)O. The summed E-state index contributed by atoms with van der Waals surface area (Å²) in [7, 11) is 0. The second-order valence-corrected chi connectivity index (χ2v) is 20.4. The van der Waals surface area contributed by atoms with Gasteiger partial charge in [-0.15, -0.1) is 0 Å². The molecule has 4 nitrogen and oxygen atoms in total. The highest BCUT2D eigenvalue weighted by Gasteiger charge is 2.00. The molecule has 0 aliphatic carbocycles. The summed E-state index contributed by atoms with van der Waals surface area (Å²) in [5.41, 5.74) is 0. The van der Waals surface area contributed by atoms with Crippen molar-refractivity contribution in [2.24, 2.45) is 0 Å². The Kier molecular flexibility index (Phi) is 55.6. The topological polar surface area (TPSA) is 74.6 Å². The average molecular weight is 888 g/mol. The van der Waals surface area contributed by atoms with Gasteiger partial charge in [-0.05, 0) is 19.3 Å². The molecule has 63 heavy (non-hydrogen) atoms. The number of hydrogen-bond acceptors (Lipinski definition) is 2. The number of allylic oxidation sites excluding steroid dienone is 1. The van der Waals surface area contributed by atoms with Crippen LogP contribution in [0.5, 0.6) is 0 Å². The van der Waals surface area contributed by atoms with E-state index in [1.165, 1.54) is 327 Å². The molecule has 0 fully saturated rings. The van der Waals surface area contributed by atoms with Gasteiger partial charge >= 0.3 is 11.9 Å². The molecule has 0 radical (unpaired) electrons. The van der Waals surface area contributed by atoms with Crippen LogP contribution in [0.1, 0.15) is 353 Å². The second kappa shape index (κ2) is 56.8. The van der Waals surface area contributed by atoms with E-state index in [1.807, 2.05) is 0 Å². The lowest BCUT2D eigenvalue weighted by atomic mass is 10.0. The number of carboxylic acids is 2. The van der Waals surface area contributed by atoms with Gasteiger partial charge < -0.3 is 10.2 Å². The maximum absolute atomic E-state index is 10.5. The van der Waals surface area contributed by atoms with Crippen LogP contribution in [0.15, 0.2) is 12.2 Å². The highest BCUT2D eigenvalue weighted by molar-refractivity contribution is 5.79. The summed E-state index contributed by atoms with van der Waals surface area (Å²) < 4.78 is 0. The Morgan fingerprint density at radius 2 is 0.365 bits per heavy atom. The first kappa shape index (κ1) is 61.7. The van der Waals surface area contributed by atoms with Gasteiger partial charge in [-0.1, -0.05) is 334 Å². The molecular weight excluding hydrogens is 773 g/mol. The lowest BCUT2D eigenvalue weighted by Gasteiger charge is -2.05. The zero-order valence-electron chi connectivity index (χ0n) is 42.8.